The van der Waals surface area contributed by atoms with E-state index in [1.807, 2.05) is 0 Å². The van der Waals surface area contributed by atoms with Crippen LogP contribution >= 0.6 is 0 Å². The fourth-order valence-electron chi connectivity index (χ4n) is 1.85. The van der Waals surface area contributed by atoms with Gasteiger partial charge in [-0.2, -0.15) is 23.0 Å². The molecule has 0 bridgehead atoms. The highest BCUT2D eigenvalue weighted by Crippen LogP contribution is 2.27. The third kappa shape index (κ3) is 4.31. The van der Waals surface area contributed by atoms with Crippen LogP contribution in [0.25, 0.3) is 0 Å². The van der Waals surface area contributed by atoms with Crippen LogP contribution in [0.15, 0.2) is 42.6 Å². The molecule has 0 saturated carbocycles. The summed E-state index contributed by atoms with van der Waals surface area (Å²) in [6, 6.07) is 6.81. The van der Waals surface area contributed by atoms with Crippen LogP contribution in [0.2, 0.25) is 0 Å². The number of benzene rings is 1. The van der Waals surface area contributed by atoms with Crippen LogP contribution in [0.5, 0.6) is 0 Å². The van der Waals surface area contributed by atoms with Gasteiger partial charge in [-0.05, 0) is 11.6 Å². The molecule has 9 heteroatoms. The van der Waals surface area contributed by atoms with E-state index in [1.165, 1.54) is 0 Å². The van der Waals surface area contributed by atoms with E-state index in [1.54, 1.807) is 30.3 Å². The Morgan fingerprint density at radius 3 is 2.39 bits per heavy atom. The van der Waals surface area contributed by atoms with Gasteiger partial charge in [-0.15, -0.1) is 0 Å². The number of carbonyl (C=O) groups excluding carboxylic acids is 1. The standard InChI is InChI=1S/C14H12F3N3O3/c15-14(16,17)11-6-7-20(19-11)13(23)18-10(12(21)22)8-9-4-2-1-3-5-9/h1-7,10H,8H2,(H,18,23)(H,21,22). The monoisotopic (exact) mass is 327 g/mol. The Bertz CT molecular complexity index is 698. The number of nitrogens with one attached hydrogen (secondary N) is 1. The van der Waals surface area contributed by atoms with Crippen molar-refractivity contribution in [2.45, 2.75) is 18.6 Å². The van der Waals surface area contributed by atoms with Gasteiger partial charge in [0.2, 0.25) is 0 Å². The smallest absolute Gasteiger partial charge is 0.435 e. The lowest BCUT2D eigenvalue weighted by Gasteiger charge is -2.14. The molecule has 2 rings (SSSR count). The van der Waals surface area contributed by atoms with Gasteiger partial charge in [-0.3, -0.25) is 0 Å². The molecule has 122 valence electrons. The van der Waals surface area contributed by atoms with Crippen LogP contribution in [-0.4, -0.2) is 32.9 Å². The van der Waals surface area contributed by atoms with Crippen molar-refractivity contribution >= 4 is 12.0 Å². The van der Waals surface area contributed by atoms with Crippen LogP contribution in [0.4, 0.5) is 18.0 Å². The van der Waals surface area contributed by atoms with E-state index in [4.69, 9.17) is 5.11 Å². The number of carboxylic acid groups (broad SMARTS) is 1. The summed E-state index contributed by atoms with van der Waals surface area (Å²) in [5.74, 6) is -1.30. The molecule has 0 saturated heterocycles. The summed E-state index contributed by atoms with van der Waals surface area (Å²) in [7, 11) is 0. The molecular weight excluding hydrogens is 315 g/mol. The first-order valence-corrected chi connectivity index (χ1v) is 6.48. The predicted octanol–water partition coefficient (Wildman–Crippen LogP) is 2.16. The van der Waals surface area contributed by atoms with E-state index < -0.39 is 29.9 Å². The molecule has 1 heterocycles. The second-order valence-electron chi connectivity index (χ2n) is 4.67. The molecule has 1 unspecified atom stereocenters. The summed E-state index contributed by atoms with van der Waals surface area (Å²) in [5, 5.41) is 14.4. The maximum atomic E-state index is 12.4. The topological polar surface area (TPSA) is 84.2 Å². The summed E-state index contributed by atoms with van der Waals surface area (Å²) in [4.78, 5) is 23.1. The van der Waals surface area contributed by atoms with Gasteiger partial charge in [0.15, 0.2) is 5.69 Å². The largest absolute Gasteiger partial charge is 0.480 e. The van der Waals surface area contributed by atoms with E-state index in [0.717, 1.165) is 6.20 Å². The lowest BCUT2D eigenvalue weighted by molar-refractivity contribution is -0.141. The number of hydrogen-bond donors (Lipinski definition) is 2. The number of nitrogens with zero attached hydrogens (tertiary/aromatic N) is 2. The van der Waals surface area contributed by atoms with Gasteiger partial charge in [-0.1, -0.05) is 30.3 Å². The molecule has 1 aromatic heterocycles. The highest BCUT2D eigenvalue weighted by atomic mass is 19.4. The van der Waals surface area contributed by atoms with Gasteiger partial charge in [0.1, 0.15) is 6.04 Å². The third-order valence-corrected chi connectivity index (χ3v) is 2.97. The van der Waals surface area contributed by atoms with Gasteiger partial charge < -0.3 is 10.4 Å². The van der Waals surface area contributed by atoms with E-state index >= 15 is 0 Å². The van der Waals surface area contributed by atoms with E-state index in [-0.39, 0.29) is 6.42 Å². The Morgan fingerprint density at radius 1 is 1.22 bits per heavy atom. The first-order valence-electron chi connectivity index (χ1n) is 6.48. The lowest BCUT2D eigenvalue weighted by Crippen LogP contribution is -2.44. The van der Waals surface area contributed by atoms with E-state index in [2.05, 4.69) is 10.4 Å². The fourth-order valence-corrected chi connectivity index (χ4v) is 1.85. The van der Waals surface area contributed by atoms with Gasteiger partial charge in [0, 0.05) is 12.6 Å². The number of hydrogen-bond acceptors (Lipinski definition) is 3. The first-order chi connectivity index (χ1) is 10.8. The van der Waals surface area contributed by atoms with Gasteiger partial charge in [0.05, 0.1) is 0 Å². The normalized spacial score (nSPS) is 12.7. The maximum absolute atomic E-state index is 12.4. The number of halogens is 3. The van der Waals surface area contributed by atoms with Crippen LogP contribution in [0.1, 0.15) is 11.3 Å². The number of alkyl halides is 3. The molecule has 23 heavy (non-hydrogen) atoms. The second kappa shape index (κ2) is 6.51. The number of carboxylic acids is 1. The van der Waals surface area contributed by atoms with Crippen LogP contribution in [0, 0.1) is 0 Å². The summed E-state index contributed by atoms with van der Waals surface area (Å²) in [6.07, 6.45) is -3.86. The summed E-state index contributed by atoms with van der Waals surface area (Å²) in [5.41, 5.74) is -0.570. The van der Waals surface area contributed by atoms with Crippen molar-refractivity contribution in [3.63, 3.8) is 0 Å². The Balaban J connectivity index is 2.09. The third-order valence-electron chi connectivity index (χ3n) is 2.97. The predicted molar refractivity (Wildman–Crippen MR) is 72.7 cm³/mol. The average molecular weight is 327 g/mol. The van der Waals surface area contributed by atoms with Crippen molar-refractivity contribution in [2.24, 2.45) is 0 Å². The number of carbonyl (C=O) groups is 2. The minimum atomic E-state index is -4.68. The molecule has 6 nitrogen and oxygen atoms in total. The maximum Gasteiger partial charge on any atom is 0.435 e. The SMILES string of the molecule is O=C(O)C(Cc1ccccc1)NC(=O)n1ccc(C(F)(F)F)n1. The van der Waals surface area contributed by atoms with Crippen molar-refractivity contribution in [3.8, 4) is 0 Å². The van der Waals surface area contributed by atoms with Gasteiger partial charge in [0.25, 0.3) is 0 Å². The zero-order chi connectivity index (χ0) is 17.0. The molecule has 0 aliphatic carbocycles. The Morgan fingerprint density at radius 2 is 1.87 bits per heavy atom. The molecule has 0 radical (unpaired) electrons. The molecule has 0 fully saturated rings. The van der Waals surface area contributed by atoms with Gasteiger partial charge in [-0.25, -0.2) is 9.59 Å². The quantitative estimate of drug-likeness (QED) is 0.901. The summed E-state index contributed by atoms with van der Waals surface area (Å²) >= 11 is 0. The number of aliphatic carboxylic acids is 1. The number of amides is 1. The minimum absolute atomic E-state index is 0.00465. The minimum Gasteiger partial charge on any atom is -0.480 e. The Labute approximate surface area is 128 Å². The van der Waals surface area contributed by atoms with Crippen molar-refractivity contribution < 1.29 is 27.9 Å². The summed E-state index contributed by atoms with van der Waals surface area (Å²) < 4.78 is 37.7. The Hall–Kier alpha value is -2.84. The molecule has 2 N–H and O–H groups in total. The van der Waals surface area contributed by atoms with Crippen LogP contribution < -0.4 is 5.32 Å². The van der Waals surface area contributed by atoms with E-state index in [0.29, 0.717) is 16.3 Å². The van der Waals surface area contributed by atoms with Gasteiger partial charge >= 0.3 is 18.2 Å². The van der Waals surface area contributed by atoms with Crippen molar-refractivity contribution in [2.75, 3.05) is 0 Å². The highest BCUT2D eigenvalue weighted by molar-refractivity contribution is 5.83. The van der Waals surface area contributed by atoms with Crippen molar-refractivity contribution in [1.29, 1.82) is 0 Å². The first kappa shape index (κ1) is 16.5. The molecule has 1 aromatic carbocycles. The zero-order valence-electron chi connectivity index (χ0n) is 11.6. The lowest BCUT2D eigenvalue weighted by atomic mass is 10.1. The van der Waals surface area contributed by atoms with Crippen LogP contribution in [-0.2, 0) is 17.4 Å². The number of rotatable bonds is 4. The molecule has 0 spiro atoms. The Kier molecular flexibility index (Phi) is 4.68. The number of aromatic nitrogens is 2. The molecular formula is C14H12F3N3O3. The van der Waals surface area contributed by atoms with Crippen molar-refractivity contribution in [1.82, 2.24) is 15.1 Å². The average Bonchev–Trinajstić information content (AvgIpc) is 2.97. The van der Waals surface area contributed by atoms with E-state index in [9.17, 15) is 22.8 Å². The molecule has 2 aromatic rings. The zero-order valence-corrected chi connectivity index (χ0v) is 11.6. The molecule has 1 amide bonds. The molecule has 1 atom stereocenters. The van der Waals surface area contributed by atoms with Crippen LogP contribution in [0.3, 0.4) is 0 Å². The highest BCUT2D eigenvalue weighted by Gasteiger charge is 2.34. The summed E-state index contributed by atoms with van der Waals surface area (Å²) in [6.45, 7) is 0. The van der Waals surface area contributed by atoms with Crippen molar-refractivity contribution in [3.05, 3.63) is 53.9 Å². The fraction of sp³-hybridized carbons (Fsp3) is 0.214. The molecule has 0 aliphatic rings. The second-order valence-corrected chi connectivity index (χ2v) is 4.67. The molecule has 0 aliphatic heterocycles.